The van der Waals surface area contributed by atoms with Crippen LogP contribution in [0.4, 0.5) is 8.78 Å². The lowest BCUT2D eigenvalue weighted by molar-refractivity contribution is -0.209. The molecule has 0 unspecified atom stereocenters. The summed E-state index contributed by atoms with van der Waals surface area (Å²) in [6, 6.07) is 5.98. The predicted molar refractivity (Wildman–Crippen MR) is 64.6 cm³/mol. The Labute approximate surface area is 97.1 Å². The van der Waals surface area contributed by atoms with E-state index < -0.39 is 6.11 Å². The molecule has 0 radical (unpaired) electrons. The highest BCUT2D eigenvalue weighted by molar-refractivity contribution is 5.29. The minimum atomic E-state index is -3.72. The molecule has 0 fully saturated rings. The van der Waals surface area contributed by atoms with E-state index in [1.54, 1.807) is 19.1 Å². The Bertz CT molecular complexity index is 267. The van der Waals surface area contributed by atoms with Crippen LogP contribution in [0.5, 0.6) is 0 Å². The number of hydrogen-bond acceptors (Lipinski definition) is 1. The van der Waals surface area contributed by atoms with Crippen LogP contribution >= 0.6 is 0 Å². The molecule has 1 aromatic rings. The number of alkyl halides is 2. The van der Waals surface area contributed by atoms with Gasteiger partial charge in [-0.05, 0) is 12.0 Å². The van der Waals surface area contributed by atoms with Crippen molar-refractivity contribution in [3.8, 4) is 0 Å². The maximum Gasteiger partial charge on any atom is 0.381 e. The van der Waals surface area contributed by atoms with E-state index in [0.29, 0.717) is 12.0 Å². The highest BCUT2D eigenvalue weighted by Crippen LogP contribution is 2.27. The van der Waals surface area contributed by atoms with Gasteiger partial charge in [0.2, 0.25) is 0 Å². The molecule has 0 aliphatic carbocycles. The van der Waals surface area contributed by atoms with Gasteiger partial charge < -0.3 is 5.11 Å². The van der Waals surface area contributed by atoms with Gasteiger partial charge in [0.05, 0.1) is 5.56 Å². The van der Waals surface area contributed by atoms with Crippen molar-refractivity contribution < 1.29 is 13.9 Å². The molecule has 16 heavy (non-hydrogen) atoms. The van der Waals surface area contributed by atoms with Crippen molar-refractivity contribution >= 4 is 0 Å². The summed E-state index contributed by atoms with van der Waals surface area (Å²) in [7, 11) is 0. The fraction of sp³-hybridized carbons (Fsp3) is 0.538. The summed E-state index contributed by atoms with van der Waals surface area (Å²) in [5.41, 5.74) is 0.178. The Morgan fingerprint density at radius 2 is 1.50 bits per heavy atom. The summed E-state index contributed by atoms with van der Waals surface area (Å²) in [5, 5.41) is 8.47. The van der Waals surface area contributed by atoms with Crippen LogP contribution in [0.25, 0.3) is 0 Å². The molecule has 0 saturated heterocycles. The first-order valence-corrected chi connectivity index (χ1v) is 5.74. The third-order valence-electron chi connectivity index (χ3n) is 1.72. The van der Waals surface area contributed by atoms with Crippen LogP contribution in [-0.4, -0.2) is 5.11 Å². The fourth-order valence-electron chi connectivity index (χ4n) is 1.12. The highest BCUT2D eigenvalue weighted by atomic mass is 19.3. The Hall–Kier alpha value is -0.960. The Kier molecular flexibility index (Phi) is 10.1. The average Bonchev–Trinajstić information content (AvgIpc) is 2.33. The van der Waals surface area contributed by atoms with E-state index in [0.717, 1.165) is 0 Å². The maximum atomic E-state index is 12.5. The molecule has 0 amide bonds. The Morgan fingerprint density at radius 3 is 1.81 bits per heavy atom. The molecule has 0 atom stereocenters. The molecule has 1 nitrogen and oxygen atoms in total. The number of hydrogen-bond donors (Lipinski definition) is 1. The van der Waals surface area contributed by atoms with Gasteiger partial charge in [0.25, 0.3) is 0 Å². The van der Waals surface area contributed by atoms with Crippen molar-refractivity contribution in [1.29, 1.82) is 0 Å². The fourth-order valence-corrected chi connectivity index (χ4v) is 1.12. The summed E-state index contributed by atoms with van der Waals surface area (Å²) in [4.78, 5) is 0. The molecule has 1 aromatic carbocycles. The molecule has 0 saturated carbocycles. The summed E-state index contributed by atoms with van der Waals surface area (Å²) < 4.78 is 24.9. The van der Waals surface area contributed by atoms with Gasteiger partial charge in [0.15, 0.2) is 0 Å². The summed E-state index contributed by atoms with van der Waals surface area (Å²) >= 11 is 0. The number of aryl methyl sites for hydroxylation is 1. The second-order valence-electron chi connectivity index (χ2n) is 2.55. The molecule has 0 heterocycles. The van der Waals surface area contributed by atoms with Crippen molar-refractivity contribution in [3.05, 3.63) is 35.4 Å². The lowest BCUT2D eigenvalue weighted by atomic mass is 10.0. The SMILES string of the molecule is CC.CC.CCc1ccccc1C(O)(F)F. The first-order valence-electron chi connectivity index (χ1n) is 5.74. The van der Waals surface area contributed by atoms with Crippen LogP contribution in [0.15, 0.2) is 24.3 Å². The number of rotatable bonds is 2. The number of aliphatic hydroxyl groups is 1. The molecule has 1 N–H and O–H groups in total. The van der Waals surface area contributed by atoms with Crippen molar-refractivity contribution in [1.82, 2.24) is 0 Å². The third kappa shape index (κ3) is 5.81. The zero-order chi connectivity index (χ0) is 13.2. The lowest BCUT2D eigenvalue weighted by Gasteiger charge is -2.12. The van der Waals surface area contributed by atoms with Gasteiger partial charge in [0, 0.05) is 0 Å². The molecule has 0 aliphatic rings. The normalized spacial score (nSPS) is 9.50. The molecule has 94 valence electrons. The van der Waals surface area contributed by atoms with Crippen LogP contribution in [-0.2, 0) is 12.5 Å². The molecule has 0 aromatic heterocycles. The van der Waals surface area contributed by atoms with E-state index in [2.05, 4.69) is 0 Å². The zero-order valence-electron chi connectivity index (χ0n) is 10.7. The van der Waals surface area contributed by atoms with E-state index in [-0.39, 0.29) is 5.56 Å². The van der Waals surface area contributed by atoms with Gasteiger partial charge in [-0.25, -0.2) is 0 Å². The van der Waals surface area contributed by atoms with E-state index in [1.165, 1.54) is 12.1 Å². The summed E-state index contributed by atoms with van der Waals surface area (Å²) in [6.45, 7) is 9.77. The standard InChI is InChI=1S/C9H10F2O.2C2H6/c1-2-7-5-3-4-6-8(7)9(10,11)12;2*1-2/h3-6,12H,2H2,1H3;2*1-2H3. The largest absolute Gasteiger partial charge is 0.381 e. The smallest absolute Gasteiger partial charge is 0.332 e. The van der Waals surface area contributed by atoms with Gasteiger partial charge in [0.1, 0.15) is 0 Å². The van der Waals surface area contributed by atoms with Crippen LogP contribution in [0.2, 0.25) is 0 Å². The minimum absolute atomic E-state index is 0.299. The molecule has 1 rings (SSSR count). The van der Waals surface area contributed by atoms with Gasteiger partial charge in [-0.2, -0.15) is 8.78 Å². The number of halogens is 2. The predicted octanol–water partition coefficient (Wildman–Crippen LogP) is 4.34. The van der Waals surface area contributed by atoms with Crippen LogP contribution < -0.4 is 0 Å². The van der Waals surface area contributed by atoms with Crippen LogP contribution in [0.1, 0.15) is 45.7 Å². The molecule has 0 aliphatic heterocycles. The molecule has 0 spiro atoms. The van der Waals surface area contributed by atoms with E-state index in [9.17, 15) is 8.78 Å². The van der Waals surface area contributed by atoms with Gasteiger partial charge in [-0.15, -0.1) is 0 Å². The quantitative estimate of drug-likeness (QED) is 0.804. The van der Waals surface area contributed by atoms with Gasteiger partial charge >= 0.3 is 6.11 Å². The van der Waals surface area contributed by atoms with E-state index >= 15 is 0 Å². The average molecular weight is 232 g/mol. The molecule has 0 bridgehead atoms. The van der Waals surface area contributed by atoms with E-state index in [1.807, 2.05) is 27.7 Å². The van der Waals surface area contributed by atoms with Crippen molar-refractivity contribution in [2.75, 3.05) is 0 Å². The second kappa shape index (κ2) is 9.28. The second-order valence-corrected chi connectivity index (χ2v) is 2.55. The summed E-state index contributed by atoms with van der Waals surface area (Å²) in [5.74, 6) is 0. The van der Waals surface area contributed by atoms with Gasteiger partial charge in [-0.1, -0.05) is 58.9 Å². The maximum absolute atomic E-state index is 12.5. The Balaban J connectivity index is 0. The zero-order valence-corrected chi connectivity index (χ0v) is 10.7. The Morgan fingerprint density at radius 1 is 1.06 bits per heavy atom. The first kappa shape index (κ1) is 17.4. The van der Waals surface area contributed by atoms with Crippen LogP contribution in [0, 0.1) is 0 Å². The molecular formula is C13H22F2O. The van der Waals surface area contributed by atoms with Crippen molar-refractivity contribution in [3.63, 3.8) is 0 Å². The van der Waals surface area contributed by atoms with E-state index in [4.69, 9.17) is 5.11 Å². The van der Waals surface area contributed by atoms with Gasteiger partial charge in [-0.3, -0.25) is 0 Å². The molecular weight excluding hydrogens is 210 g/mol. The van der Waals surface area contributed by atoms with Crippen LogP contribution in [0.3, 0.4) is 0 Å². The minimum Gasteiger partial charge on any atom is -0.332 e. The van der Waals surface area contributed by atoms with Crippen molar-refractivity contribution in [2.45, 2.75) is 47.1 Å². The topological polar surface area (TPSA) is 20.2 Å². The number of benzene rings is 1. The first-order chi connectivity index (χ1) is 7.55. The monoisotopic (exact) mass is 232 g/mol. The van der Waals surface area contributed by atoms with Crippen molar-refractivity contribution in [2.24, 2.45) is 0 Å². The summed E-state index contributed by atoms with van der Waals surface area (Å²) in [6.07, 6.45) is -3.22. The highest BCUT2D eigenvalue weighted by Gasteiger charge is 2.29. The molecule has 3 heteroatoms. The third-order valence-corrected chi connectivity index (χ3v) is 1.72. The lowest BCUT2D eigenvalue weighted by Crippen LogP contribution is -2.13.